The quantitative estimate of drug-likeness (QED) is 0.837. The Kier molecular flexibility index (Phi) is 5.88. The second-order valence-corrected chi connectivity index (χ2v) is 6.27. The Balaban J connectivity index is 2.41. The first-order valence-electron chi connectivity index (χ1n) is 6.19. The van der Waals surface area contributed by atoms with Gasteiger partial charge in [0.15, 0.2) is 0 Å². The molecule has 1 aromatic carbocycles. The maximum absolute atomic E-state index is 11.6. The Morgan fingerprint density at radius 1 is 1.30 bits per heavy atom. The molecule has 2 N–H and O–H groups in total. The summed E-state index contributed by atoms with van der Waals surface area (Å²) in [6.45, 7) is 5.55. The summed E-state index contributed by atoms with van der Waals surface area (Å²) in [4.78, 5) is 24.1. The summed E-state index contributed by atoms with van der Waals surface area (Å²) in [7, 11) is 1.59. The molecule has 0 atom stereocenters. The third-order valence-electron chi connectivity index (χ3n) is 2.15. The van der Waals surface area contributed by atoms with Crippen molar-refractivity contribution in [2.45, 2.75) is 31.2 Å². The number of thioether (sulfide) groups is 1. The maximum Gasteiger partial charge on any atom is 0.321 e. The van der Waals surface area contributed by atoms with Crippen LogP contribution in [-0.2, 0) is 4.79 Å². The minimum Gasteiger partial charge on any atom is -0.497 e. The monoisotopic (exact) mass is 296 g/mol. The SMILES string of the molecule is COc1cccc(SCC(=O)NC(=O)NC(C)(C)C)c1. The molecule has 0 aliphatic rings. The lowest BCUT2D eigenvalue weighted by Gasteiger charge is -2.20. The van der Waals surface area contributed by atoms with E-state index in [0.29, 0.717) is 0 Å². The Morgan fingerprint density at radius 2 is 2.00 bits per heavy atom. The lowest BCUT2D eigenvalue weighted by atomic mass is 10.1. The number of carbonyl (C=O) groups excluding carboxylic acids is 2. The van der Waals surface area contributed by atoms with Crippen LogP contribution in [0.15, 0.2) is 29.2 Å². The van der Waals surface area contributed by atoms with Gasteiger partial charge in [0.2, 0.25) is 5.91 Å². The van der Waals surface area contributed by atoms with E-state index in [-0.39, 0.29) is 17.2 Å². The molecule has 0 fully saturated rings. The molecule has 20 heavy (non-hydrogen) atoms. The number of carbonyl (C=O) groups is 2. The largest absolute Gasteiger partial charge is 0.497 e. The Morgan fingerprint density at radius 3 is 2.60 bits per heavy atom. The third-order valence-corrected chi connectivity index (χ3v) is 3.15. The molecule has 0 aromatic heterocycles. The predicted molar refractivity (Wildman–Crippen MR) is 80.1 cm³/mol. The van der Waals surface area contributed by atoms with Crippen molar-refractivity contribution in [3.05, 3.63) is 24.3 Å². The Hall–Kier alpha value is -1.69. The fraction of sp³-hybridized carbons (Fsp3) is 0.429. The minimum atomic E-state index is -0.478. The highest BCUT2D eigenvalue weighted by atomic mass is 32.2. The van der Waals surface area contributed by atoms with Crippen LogP contribution in [-0.4, -0.2) is 30.3 Å². The van der Waals surface area contributed by atoms with Gasteiger partial charge in [0.05, 0.1) is 12.9 Å². The molecular formula is C14H20N2O3S. The van der Waals surface area contributed by atoms with E-state index >= 15 is 0 Å². The van der Waals surface area contributed by atoms with E-state index in [9.17, 15) is 9.59 Å². The van der Waals surface area contributed by atoms with Gasteiger partial charge < -0.3 is 10.1 Å². The molecule has 5 nitrogen and oxygen atoms in total. The number of methoxy groups -OCH3 is 1. The van der Waals surface area contributed by atoms with Crippen LogP contribution in [0.3, 0.4) is 0 Å². The zero-order chi connectivity index (χ0) is 15.2. The normalized spacial score (nSPS) is 10.8. The van der Waals surface area contributed by atoms with Crippen LogP contribution < -0.4 is 15.4 Å². The van der Waals surface area contributed by atoms with Crippen LogP contribution in [0, 0.1) is 0 Å². The van der Waals surface area contributed by atoms with Crippen LogP contribution in [0.5, 0.6) is 5.75 Å². The van der Waals surface area contributed by atoms with Gasteiger partial charge in [-0.3, -0.25) is 10.1 Å². The summed E-state index contributed by atoms with van der Waals surface area (Å²) >= 11 is 1.35. The average Bonchev–Trinajstić information content (AvgIpc) is 2.34. The Bertz CT molecular complexity index is 484. The number of nitrogens with one attached hydrogen (secondary N) is 2. The van der Waals surface area contributed by atoms with Crippen LogP contribution >= 0.6 is 11.8 Å². The number of hydrogen-bond donors (Lipinski definition) is 2. The van der Waals surface area contributed by atoms with Gasteiger partial charge in [-0.05, 0) is 39.0 Å². The van der Waals surface area contributed by atoms with Crippen LogP contribution in [0.2, 0.25) is 0 Å². The van der Waals surface area contributed by atoms with Gasteiger partial charge >= 0.3 is 6.03 Å². The second kappa shape index (κ2) is 7.19. The molecule has 0 aliphatic heterocycles. The van der Waals surface area contributed by atoms with E-state index < -0.39 is 6.03 Å². The number of amides is 3. The standard InChI is InChI=1S/C14H20N2O3S/c1-14(2,3)16-13(18)15-12(17)9-20-11-7-5-6-10(8-11)19-4/h5-8H,9H2,1-4H3,(H2,15,16,17,18). The van der Waals surface area contributed by atoms with Crippen molar-refractivity contribution in [3.8, 4) is 5.75 Å². The molecule has 0 saturated heterocycles. The van der Waals surface area contributed by atoms with Gasteiger partial charge in [-0.25, -0.2) is 4.79 Å². The van der Waals surface area contributed by atoms with Crippen LogP contribution in [0.4, 0.5) is 4.79 Å². The smallest absolute Gasteiger partial charge is 0.321 e. The second-order valence-electron chi connectivity index (χ2n) is 5.22. The lowest BCUT2D eigenvalue weighted by molar-refractivity contribution is -0.117. The highest BCUT2D eigenvalue weighted by Crippen LogP contribution is 2.22. The fourth-order valence-electron chi connectivity index (χ4n) is 1.37. The van der Waals surface area contributed by atoms with Crippen LogP contribution in [0.25, 0.3) is 0 Å². The summed E-state index contributed by atoms with van der Waals surface area (Å²) in [5.41, 5.74) is -0.371. The van der Waals surface area contributed by atoms with E-state index in [1.54, 1.807) is 7.11 Å². The van der Waals surface area contributed by atoms with Crippen molar-refractivity contribution >= 4 is 23.7 Å². The summed E-state index contributed by atoms with van der Waals surface area (Å²) in [6, 6.07) is 6.93. The molecule has 0 bridgehead atoms. The molecule has 0 radical (unpaired) electrons. The van der Waals surface area contributed by atoms with Crippen molar-refractivity contribution < 1.29 is 14.3 Å². The third kappa shape index (κ3) is 6.47. The number of imide groups is 1. The van der Waals surface area contributed by atoms with E-state index in [2.05, 4.69) is 10.6 Å². The van der Waals surface area contributed by atoms with Crippen molar-refractivity contribution in [1.29, 1.82) is 0 Å². The number of ether oxygens (including phenoxy) is 1. The highest BCUT2D eigenvalue weighted by molar-refractivity contribution is 8.00. The molecular weight excluding hydrogens is 276 g/mol. The van der Waals surface area contributed by atoms with Crippen molar-refractivity contribution in [2.24, 2.45) is 0 Å². The predicted octanol–water partition coefficient (Wildman–Crippen LogP) is 2.41. The van der Waals surface area contributed by atoms with E-state index in [1.807, 2.05) is 45.0 Å². The van der Waals surface area contributed by atoms with Gasteiger partial charge in [0, 0.05) is 10.4 Å². The summed E-state index contributed by atoms with van der Waals surface area (Å²) < 4.78 is 5.10. The van der Waals surface area contributed by atoms with E-state index in [0.717, 1.165) is 10.6 Å². The molecule has 0 heterocycles. The molecule has 3 amide bonds. The van der Waals surface area contributed by atoms with Crippen molar-refractivity contribution in [1.82, 2.24) is 10.6 Å². The number of rotatable bonds is 4. The molecule has 0 spiro atoms. The molecule has 0 unspecified atom stereocenters. The van der Waals surface area contributed by atoms with Gasteiger partial charge in [-0.2, -0.15) is 0 Å². The van der Waals surface area contributed by atoms with Gasteiger partial charge in [0.1, 0.15) is 5.75 Å². The lowest BCUT2D eigenvalue weighted by Crippen LogP contribution is -2.48. The number of benzene rings is 1. The fourth-order valence-corrected chi connectivity index (χ4v) is 2.12. The number of hydrogen-bond acceptors (Lipinski definition) is 4. The zero-order valence-corrected chi connectivity index (χ0v) is 13.0. The van der Waals surface area contributed by atoms with E-state index in [4.69, 9.17) is 4.74 Å². The highest BCUT2D eigenvalue weighted by Gasteiger charge is 2.15. The number of urea groups is 1. The maximum atomic E-state index is 11.6. The topological polar surface area (TPSA) is 67.4 Å². The molecule has 0 saturated carbocycles. The van der Waals surface area contributed by atoms with E-state index in [1.165, 1.54) is 11.8 Å². The minimum absolute atomic E-state index is 0.171. The van der Waals surface area contributed by atoms with Crippen molar-refractivity contribution in [2.75, 3.05) is 12.9 Å². The Labute approximate surface area is 123 Å². The van der Waals surface area contributed by atoms with Crippen molar-refractivity contribution in [3.63, 3.8) is 0 Å². The summed E-state index contributed by atoms with van der Waals surface area (Å²) in [5, 5.41) is 4.96. The van der Waals surface area contributed by atoms with Gasteiger partial charge in [0.25, 0.3) is 0 Å². The van der Waals surface area contributed by atoms with Gasteiger partial charge in [-0.15, -0.1) is 11.8 Å². The molecule has 110 valence electrons. The molecule has 1 aromatic rings. The summed E-state index contributed by atoms with van der Waals surface area (Å²) in [5.74, 6) is 0.575. The molecule has 0 aliphatic carbocycles. The first-order valence-corrected chi connectivity index (χ1v) is 7.17. The molecule has 6 heteroatoms. The summed E-state index contributed by atoms with van der Waals surface area (Å²) in [6.07, 6.45) is 0. The first-order chi connectivity index (χ1) is 9.30. The average molecular weight is 296 g/mol. The zero-order valence-electron chi connectivity index (χ0n) is 12.1. The van der Waals surface area contributed by atoms with Gasteiger partial charge in [-0.1, -0.05) is 6.07 Å². The molecule has 1 rings (SSSR count). The first kappa shape index (κ1) is 16.4. The van der Waals surface area contributed by atoms with Crippen LogP contribution in [0.1, 0.15) is 20.8 Å².